The van der Waals surface area contributed by atoms with Crippen LogP contribution in [0.15, 0.2) is 0 Å². The molecule has 1 nitrogen and oxygen atoms in total. The van der Waals surface area contributed by atoms with E-state index in [0.29, 0.717) is 11.7 Å². The Morgan fingerprint density at radius 1 is 1.21 bits per heavy atom. The first-order valence-electron chi connectivity index (χ1n) is 5.75. The summed E-state index contributed by atoms with van der Waals surface area (Å²) in [6.07, 6.45) is 2.20. The maximum atomic E-state index is 11.7. The summed E-state index contributed by atoms with van der Waals surface area (Å²) in [4.78, 5) is 11.7. The summed E-state index contributed by atoms with van der Waals surface area (Å²) in [5.74, 6) is 0.897. The monoisotopic (exact) mass is 198 g/mol. The summed E-state index contributed by atoms with van der Waals surface area (Å²) in [7, 11) is 0. The van der Waals surface area contributed by atoms with Gasteiger partial charge in [0.2, 0.25) is 0 Å². The third-order valence-electron chi connectivity index (χ3n) is 4.74. The molecule has 0 aromatic carbocycles. The first-order valence-corrected chi connectivity index (χ1v) is 5.75. The van der Waals surface area contributed by atoms with Crippen LogP contribution in [-0.2, 0) is 4.79 Å². The molecule has 0 spiro atoms. The highest BCUT2D eigenvalue weighted by molar-refractivity contribution is 5.82. The van der Waals surface area contributed by atoms with Crippen molar-refractivity contribution in [3.63, 3.8) is 0 Å². The molecule has 0 saturated heterocycles. The van der Waals surface area contributed by atoms with Crippen molar-refractivity contribution >= 4 is 5.78 Å². The van der Waals surface area contributed by atoms with Gasteiger partial charge >= 0.3 is 0 Å². The van der Waals surface area contributed by atoms with Gasteiger partial charge < -0.3 is 0 Å². The molecule has 0 fully saturated rings. The Bertz CT molecular complexity index is 205. The Morgan fingerprint density at radius 2 is 1.64 bits per heavy atom. The average molecular weight is 198 g/mol. The van der Waals surface area contributed by atoms with Crippen molar-refractivity contribution < 1.29 is 4.79 Å². The molecule has 84 valence electrons. The van der Waals surface area contributed by atoms with Gasteiger partial charge in [-0.15, -0.1) is 0 Å². The summed E-state index contributed by atoms with van der Waals surface area (Å²) in [5, 5.41) is 0. The van der Waals surface area contributed by atoms with Gasteiger partial charge in [0.1, 0.15) is 5.78 Å². The van der Waals surface area contributed by atoms with Crippen LogP contribution < -0.4 is 0 Å². The molecular weight excluding hydrogens is 172 g/mol. The summed E-state index contributed by atoms with van der Waals surface area (Å²) in [6.45, 7) is 14.8. The molecule has 1 heteroatoms. The first kappa shape index (κ1) is 13.7. The number of carbonyl (C=O) groups excluding carboxylic acids is 1. The van der Waals surface area contributed by atoms with E-state index in [4.69, 9.17) is 0 Å². The van der Waals surface area contributed by atoms with Crippen molar-refractivity contribution in [2.24, 2.45) is 16.7 Å². The SMILES string of the molecule is CCC(C)C(C)(CC)C(C)(C)C(C)=O. The van der Waals surface area contributed by atoms with Crippen LogP contribution in [0.2, 0.25) is 0 Å². The molecule has 0 N–H and O–H groups in total. The zero-order chi connectivity index (χ0) is 11.6. The lowest BCUT2D eigenvalue weighted by atomic mass is 9.57. The third-order valence-corrected chi connectivity index (χ3v) is 4.74. The Kier molecular flexibility index (Phi) is 4.35. The number of hydrogen-bond donors (Lipinski definition) is 0. The van der Waals surface area contributed by atoms with E-state index in [9.17, 15) is 4.79 Å². The quantitative estimate of drug-likeness (QED) is 0.651. The minimum Gasteiger partial charge on any atom is -0.299 e. The fourth-order valence-corrected chi connectivity index (χ4v) is 2.26. The van der Waals surface area contributed by atoms with E-state index in [-0.39, 0.29) is 10.8 Å². The van der Waals surface area contributed by atoms with Crippen LogP contribution in [0.3, 0.4) is 0 Å². The van der Waals surface area contributed by atoms with Crippen LogP contribution >= 0.6 is 0 Å². The number of ketones is 1. The summed E-state index contributed by atoms with van der Waals surface area (Å²) in [5.41, 5.74) is -0.0925. The minimum atomic E-state index is -0.211. The molecule has 2 unspecified atom stereocenters. The molecule has 0 rings (SSSR count). The molecule has 0 aliphatic heterocycles. The molecule has 0 aliphatic rings. The van der Waals surface area contributed by atoms with E-state index in [1.165, 1.54) is 0 Å². The smallest absolute Gasteiger partial charge is 0.135 e. The maximum absolute atomic E-state index is 11.7. The second kappa shape index (κ2) is 4.46. The lowest BCUT2D eigenvalue weighted by molar-refractivity contribution is -0.134. The molecule has 0 aromatic heterocycles. The van der Waals surface area contributed by atoms with E-state index >= 15 is 0 Å². The molecule has 2 atom stereocenters. The Balaban J connectivity index is 5.12. The van der Waals surface area contributed by atoms with Gasteiger partial charge in [0.15, 0.2) is 0 Å². The van der Waals surface area contributed by atoms with Crippen molar-refractivity contribution in [3.05, 3.63) is 0 Å². The van der Waals surface area contributed by atoms with E-state index in [2.05, 4.69) is 41.5 Å². The van der Waals surface area contributed by atoms with Crippen molar-refractivity contribution in [2.75, 3.05) is 0 Å². The lowest BCUT2D eigenvalue weighted by Crippen LogP contribution is -2.44. The highest BCUT2D eigenvalue weighted by atomic mass is 16.1. The van der Waals surface area contributed by atoms with E-state index in [1.807, 2.05) is 0 Å². The summed E-state index contributed by atoms with van der Waals surface area (Å²) >= 11 is 0. The van der Waals surface area contributed by atoms with Crippen molar-refractivity contribution in [1.29, 1.82) is 0 Å². The van der Waals surface area contributed by atoms with Gasteiger partial charge in [0.25, 0.3) is 0 Å². The van der Waals surface area contributed by atoms with Gasteiger partial charge in [0.05, 0.1) is 0 Å². The standard InChI is InChI=1S/C13H26O/c1-8-10(3)13(7,9-2)12(5,6)11(4)14/h10H,8-9H2,1-7H3. The summed E-state index contributed by atoms with van der Waals surface area (Å²) < 4.78 is 0. The number of rotatable bonds is 5. The molecule has 0 saturated carbocycles. The molecule has 0 radical (unpaired) electrons. The number of hydrogen-bond acceptors (Lipinski definition) is 1. The fraction of sp³-hybridized carbons (Fsp3) is 0.923. The van der Waals surface area contributed by atoms with Crippen LogP contribution in [-0.4, -0.2) is 5.78 Å². The second-order valence-electron chi connectivity index (χ2n) is 5.26. The maximum Gasteiger partial charge on any atom is 0.135 e. The zero-order valence-corrected chi connectivity index (χ0v) is 10.9. The van der Waals surface area contributed by atoms with E-state index in [1.54, 1.807) is 6.92 Å². The predicted molar refractivity (Wildman–Crippen MR) is 62.3 cm³/mol. The van der Waals surface area contributed by atoms with E-state index < -0.39 is 0 Å². The number of Topliss-reactive ketones (excluding diaryl/α,β-unsaturated/α-hetero) is 1. The highest BCUT2D eigenvalue weighted by Gasteiger charge is 2.45. The van der Waals surface area contributed by atoms with E-state index in [0.717, 1.165) is 12.8 Å². The van der Waals surface area contributed by atoms with Crippen molar-refractivity contribution in [2.45, 2.75) is 61.3 Å². The molecule has 0 aromatic rings. The number of carbonyl (C=O) groups is 1. The molecule has 0 aliphatic carbocycles. The molecule has 0 amide bonds. The summed E-state index contributed by atoms with van der Waals surface area (Å²) in [6, 6.07) is 0. The molecular formula is C13H26O. The molecule has 14 heavy (non-hydrogen) atoms. The normalized spacial score (nSPS) is 18.8. The zero-order valence-electron chi connectivity index (χ0n) is 10.9. The van der Waals surface area contributed by atoms with Crippen molar-refractivity contribution in [1.82, 2.24) is 0 Å². The Labute approximate surface area is 89.3 Å². The van der Waals surface area contributed by atoms with Crippen LogP contribution in [0, 0.1) is 16.7 Å². The average Bonchev–Trinajstić information content (AvgIpc) is 2.14. The second-order valence-corrected chi connectivity index (χ2v) is 5.26. The van der Waals surface area contributed by atoms with Gasteiger partial charge in [-0.05, 0) is 24.7 Å². The topological polar surface area (TPSA) is 17.1 Å². The highest BCUT2D eigenvalue weighted by Crippen LogP contribution is 2.48. The Hall–Kier alpha value is -0.330. The van der Waals surface area contributed by atoms with Crippen LogP contribution in [0.5, 0.6) is 0 Å². The van der Waals surface area contributed by atoms with Gasteiger partial charge in [-0.2, -0.15) is 0 Å². The third kappa shape index (κ3) is 2.02. The van der Waals surface area contributed by atoms with Crippen LogP contribution in [0.25, 0.3) is 0 Å². The molecule has 0 heterocycles. The van der Waals surface area contributed by atoms with Gasteiger partial charge in [-0.25, -0.2) is 0 Å². The van der Waals surface area contributed by atoms with Gasteiger partial charge in [-0.1, -0.05) is 48.0 Å². The Morgan fingerprint density at radius 3 is 1.86 bits per heavy atom. The van der Waals surface area contributed by atoms with Crippen LogP contribution in [0.1, 0.15) is 61.3 Å². The van der Waals surface area contributed by atoms with Gasteiger partial charge in [-0.3, -0.25) is 4.79 Å². The minimum absolute atomic E-state index is 0.119. The predicted octanol–water partition coefficient (Wildman–Crippen LogP) is 4.06. The lowest BCUT2D eigenvalue weighted by Gasteiger charge is -2.46. The fourth-order valence-electron chi connectivity index (χ4n) is 2.26. The largest absolute Gasteiger partial charge is 0.299 e. The first-order chi connectivity index (χ1) is 6.24. The van der Waals surface area contributed by atoms with Crippen LogP contribution in [0.4, 0.5) is 0 Å². The molecule has 0 bridgehead atoms. The van der Waals surface area contributed by atoms with Crippen molar-refractivity contribution in [3.8, 4) is 0 Å². The van der Waals surface area contributed by atoms with Gasteiger partial charge in [0, 0.05) is 5.41 Å².